The first kappa shape index (κ1) is 18.7. The zero-order valence-corrected chi connectivity index (χ0v) is 14.5. The highest BCUT2D eigenvalue weighted by molar-refractivity contribution is 6.39. The second-order valence-electron chi connectivity index (χ2n) is 5.96. The van der Waals surface area contributed by atoms with Gasteiger partial charge in [0.2, 0.25) is 0 Å². The summed E-state index contributed by atoms with van der Waals surface area (Å²) in [7, 11) is 0. The maximum Gasteiger partial charge on any atom is 0.313 e. The van der Waals surface area contributed by atoms with Gasteiger partial charge in [-0.05, 0) is 41.7 Å². The van der Waals surface area contributed by atoms with Crippen molar-refractivity contribution < 1.29 is 9.59 Å². The summed E-state index contributed by atoms with van der Waals surface area (Å²) in [6.45, 7) is 2.88. The minimum Gasteiger partial charge on any atom is -0.344 e. The number of benzene rings is 2. The quantitative estimate of drug-likeness (QED) is 0.678. The van der Waals surface area contributed by atoms with E-state index in [9.17, 15) is 9.59 Å². The van der Waals surface area contributed by atoms with Crippen molar-refractivity contribution in [2.24, 2.45) is 5.73 Å². The summed E-state index contributed by atoms with van der Waals surface area (Å²) in [5, 5.41) is 5.23. The molecule has 2 aromatic rings. The molecule has 0 spiro atoms. The maximum atomic E-state index is 12.0. The Balaban J connectivity index is 1.84. The van der Waals surface area contributed by atoms with Crippen molar-refractivity contribution in [3.63, 3.8) is 0 Å². The van der Waals surface area contributed by atoms with Crippen LogP contribution in [0.3, 0.4) is 0 Å². The van der Waals surface area contributed by atoms with E-state index in [0.717, 1.165) is 30.4 Å². The average Bonchev–Trinajstić information content (AvgIpc) is 2.65. The molecule has 132 valence electrons. The minimum atomic E-state index is -0.670. The van der Waals surface area contributed by atoms with E-state index in [-0.39, 0.29) is 6.54 Å². The summed E-state index contributed by atoms with van der Waals surface area (Å²) in [5.41, 5.74) is 9.33. The number of anilines is 1. The van der Waals surface area contributed by atoms with Crippen molar-refractivity contribution >= 4 is 17.5 Å². The fourth-order valence-corrected chi connectivity index (χ4v) is 2.45. The molecule has 2 aromatic carbocycles. The molecule has 0 bridgehead atoms. The predicted molar refractivity (Wildman–Crippen MR) is 99.9 cm³/mol. The van der Waals surface area contributed by atoms with E-state index in [1.807, 2.05) is 48.5 Å². The summed E-state index contributed by atoms with van der Waals surface area (Å²) in [6.07, 6.45) is 3.30. The lowest BCUT2D eigenvalue weighted by atomic mass is 10.1. The number of hydrogen-bond donors (Lipinski definition) is 3. The zero-order valence-electron chi connectivity index (χ0n) is 14.5. The van der Waals surface area contributed by atoms with Crippen molar-refractivity contribution in [1.29, 1.82) is 0 Å². The van der Waals surface area contributed by atoms with Crippen molar-refractivity contribution in [1.82, 2.24) is 5.32 Å². The fourth-order valence-electron chi connectivity index (χ4n) is 2.45. The smallest absolute Gasteiger partial charge is 0.313 e. The number of amides is 2. The van der Waals surface area contributed by atoms with Gasteiger partial charge in [0.05, 0.1) is 0 Å². The standard InChI is InChI=1S/C20H25N3O2/c1-2-3-5-15-8-10-18(11-9-15)23-20(25)19(24)22-14-17-7-4-6-16(12-17)13-21/h4,6-12H,2-3,5,13-14,21H2,1H3,(H,22,24)(H,23,25). The third kappa shape index (κ3) is 6.04. The molecule has 25 heavy (non-hydrogen) atoms. The van der Waals surface area contributed by atoms with E-state index in [1.165, 1.54) is 5.56 Å². The lowest BCUT2D eigenvalue weighted by molar-refractivity contribution is -0.136. The second-order valence-corrected chi connectivity index (χ2v) is 5.96. The lowest BCUT2D eigenvalue weighted by Crippen LogP contribution is -2.34. The maximum absolute atomic E-state index is 12.0. The molecule has 0 fully saturated rings. The first-order valence-electron chi connectivity index (χ1n) is 8.58. The Morgan fingerprint density at radius 3 is 2.36 bits per heavy atom. The van der Waals surface area contributed by atoms with Crippen LogP contribution in [0.5, 0.6) is 0 Å². The highest BCUT2D eigenvalue weighted by atomic mass is 16.2. The highest BCUT2D eigenvalue weighted by Crippen LogP contribution is 2.11. The van der Waals surface area contributed by atoms with Crippen LogP contribution in [0.4, 0.5) is 5.69 Å². The van der Waals surface area contributed by atoms with Gasteiger partial charge in [-0.25, -0.2) is 0 Å². The van der Waals surface area contributed by atoms with Crippen molar-refractivity contribution in [3.8, 4) is 0 Å². The third-order valence-electron chi connectivity index (χ3n) is 3.92. The Morgan fingerprint density at radius 2 is 1.68 bits per heavy atom. The van der Waals surface area contributed by atoms with E-state index in [0.29, 0.717) is 12.2 Å². The number of aryl methyl sites for hydroxylation is 1. The van der Waals surface area contributed by atoms with Crippen molar-refractivity contribution in [3.05, 3.63) is 65.2 Å². The van der Waals surface area contributed by atoms with Crippen LogP contribution in [-0.2, 0) is 29.1 Å². The molecule has 0 saturated heterocycles. The Morgan fingerprint density at radius 1 is 0.960 bits per heavy atom. The molecule has 0 aromatic heterocycles. The van der Waals surface area contributed by atoms with Crippen LogP contribution in [0.25, 0.3) is 0 Å². The number of carbonyl (C=O) groups is 2. The molecule has 0 radical (unpaired) electrons. The zero-order chi connectivity index (χ0) is 18.1. The molecule has 0 atom stereocenters. The fraction of sp³-hybridized carbons (Fsp3) is 0.300. The van der Waals surface area contributed by atoms with Crippen molar-refractivity contribution in [2.75, 3.05) is 5.32 Å². The normalized spacial score (nSPS) is 10.3. The number of nitrogens with one attached hydrogen (secondary N) is 2. The van der Waals surface area contributed by atoms with Crippen LogP contribution in [0.1, 0.15) is 36.5 Å². The predicted octanol–water partition coefficient (Wildman–Crippen LogP) is 2.74. The van der Waals surface area contributed by atoms with Crippen LogP contribution in [-0.4, -0.2) is 11.8 Å². The lowest BCUT2D eigenvalue weighted by Gasteiger charge is -2.08. The van der Waals surface area contributed by atoms with Gasteiger partial charge >= 0.3 is 11.8 Å². The van der Waals surface area contributed by atoms with E-state index in [2.05, 4.69) is 17.6 Å². The summed E-state index contributed by atoms with van der Waals surface area (Å²) in [4.78, 5) is 23.9. The number of carbonyl (C=O) groups excluding carboxylic acids is 2. The molecule has 5 nitrogen and oxygen atoms in total. The molecule has 4 N–H and O–H groups in total. The van der Waals surface area contributed by atoms with Gasteiger partial charge in [0.15, 0.2) is 0 Å². The van der Waals surface area contributed by atoms with Crippen LogP contribution in [0.15, 0.2) is 48.5 Å². The monoisotopic (exact) mass is 339 g/mol. The third-order valence-corrected chi connectivity index (χ3v) is 3.92. The SMILES string of the molecule is CCCCc1ccc(NC(=O)C(=O)NCc2cccc(CN)c2)cc1. The van der Waals surface area contributed by atoms with E-state index < -0.39 is 11.8 Å². The number of rotatable bonds is 7. The Kier molecular flexibility index (Phi) is 7.16. The molecular formula is C20H25N3O2. The molecule has 0 heterocycles. The van der Waals surface area contributed by atoms with E-state index >= 15 is 0 Å². The molecule has 0 aliphatic heterocycles. The van der Waals surface area contributed by atoms with Gasteiger partial charge in [0.1, 0.15) is 0 Å². The van der Waals surface area contributed by atoms with E-state index in [4.69, 9.17) is 5.73 Å². The molecule has 0 unspecified atom stereocenters. The number of unbranched alkanes of at least 4 members (excludes halogenated alkanes) is 1. The highest BCUT2D eigenvalue weighted by Gasteiger charge is 2.13. The molecular weight excluding hydrogens is 314 g/mol. The van der Waals surface area contributed by atoms with Crippen LogP contribution < -0.4 is 16.4 Å². The molecule has 0 saturated carbocycles. The van der Waals surface area contributed by atoms with Crippen LogP contribution in [0, 0.1) is 0 Å². The second kappa shape index (κ2) is 9.59. The topological polar surface area (TPSA) is 84.2 Å². The first-order valence-corrected chi connectivity index (χ1v) is 8.58. The van der Waals surface area contributed by atoms with Crippen molar-refractivity contribution in [2.45, 2.75) is 39.3 Å². The summed E-state index contributed by atoms with van der Waals surface area (Å²) >= 11 is 0. The van der Waals surface area contributed by atoms with Gasteiger partial charge in [-0.3, -0.25) is 9.59 Å². The largest absolute Gasteiger partial charge is 0.344 e. The summed E-state index contributed by atoms with van der Waals surface area (Å²) in [5.74, 6) is -1.33. The van der Waals surface area contributed by atoms with Gasteiger partial charge < -0.3 is 16.4 Å². The minimum absolute atomic E-state index is 0.288. The van der Waals surface area contributed by atoms with Gasteiger partial charge in [-0.1, -0.05) is 49.7 Å². The number of nitrogens with two attached hydrogens (primary N) is 1. The molecule has 2 rings (SSSR count). The van der Waals surface area contributed by atoms with Gasteiger partial charge in [0.25, 0.3) is 0 Å². The Labute approximate surface area is 148 Å². The van der Waals surface area contributed by atoms with Crippen LogP contribution in [0.2, 0.25) is 0 Å². The summed E-state index contributed by atoms with van der Waals surface area (Å²) in [6, 6.07) is 15.2. The molecule has 5 heteroatoms. The van der Waals surface area contributed by atoms with Gasteiger partial charge in [-0.2, -0.15) is 0 Å². The van der Waals surface area contributed by atoms with Gasteiger partial charge in [0, 0.05) is 18.8 Å². The summed E-state index contributed by atoms with van der Waals surface area (Å²) < 4.78 is 0. The van der Waals surface area contributed by atoms with Crippen LogP contribution >= 0.6 is 0 Å². The first-order chi connectivity index (χ1) is 12.1. The Hall–Kier alpha value is -2.66. The molecule has 0 aliphatic carbocycles. The average molecular weight is 339 g/mol. The molecule has 2 amide bonds. The van der Waals surface area contributed by atoms with E-state index in [1.54, 1.807) is 0 Å². The molecule has 0 aliphatic rings. The Bertz CT molecular complexity index is 711. The number of hydrogen-bond acceptors (Lipinski definition) is 3. The van der Waals surface area contributed by atoms with Gasteiger partial charge in [-0.15, -0.1) is 0 Å².